The molecule has 1 atom stereocenters. The van der Waals surface area contributed by atoms with Gasteiger partial charge in [-0.25, -0.2) is 9.97 Å². The maximum Gasteiger partial charge on any atom is 0.261 e. The van der Waals surface area contributed by atoms with Gasteiger partial charge in [0.1, 0.15) is 17.3 Å². The van der Waals surface area contributed by atoms with Gasteiger partial charge < -0.3 is 14.7 Å². The summed E-state index contributed by atoms with van der Waals surface area (Å²) in [4.78, 5) is 24.7. The molecule has 5 rings (SSSR count). The van der Waals surface area contributed by atoms with E-state index in [0.717, 1.165) is 37.1 Å². The van der Waals surface area contributed by atoms with E-state index in [-0.39, 0.29) is 18.1 Å². The number of hydrogen-bond donors (Lipinski definition) is 1. The first-order chi connectivity index (χ1) is 17.5. The number of piperidine rings is 1. The zero-order valence-electron chi connectivity index (χ0n) is 20.2. The van der Waals surface area contributed by atoms with E-state index in [9.17, 15) is 14.3 Å². The number of benzene rings is 2. The van der Waals surface area contributed by atoms with Gasteiger partial charge in [-0.2, -0.15) is 4.39 Å². The number of nitrogens with zero attached hydrogens (tertiary/aromatic N) is 4. The number of aryl methyl sites for hydroxylation is 1. The topological polar surface area (TPSA) is 80.5 Å². The summed E-state index contributed by atoms with van der Waals surface area (Å²) in [6, 6.07) is 15.9. The lowest BCUT2D eigenvalue weighted by Gasteiger charge is -2.33. The predicted octanol–water partition coefficient (Wildman–Crippen LogP) is 4.40. The Hall–Kier alpha value is -3.62. The smallest absolute Gasteiger partial charge is 0.261 e. The Labute approximate surface area is 208 Å². The van der Waals surface area contributed by atoms with Crippen LogP contribution >= 0.6 is 0 Å². The van der Waals surface area contributed by atoms with E-state index in [1.54, 1.807) is 22.8 Å². The largest absolute Gasteiger partial charge is 0.456 e. The normalized spacial score (nSPS) is 16.4. The molecule has 0 amide bonds. The van der Waals surface area contributed by atoms with Gasteiger partial charge >= 0.3 is 0 Å². The second-order valence-electron chi connectivity index (χ2n) is 9.30. The van der Waals surface area contributed by atoms with Gasteiger partial charge in [-0.15, -0.1) is 0 Å². The van der Waals surface area contributed by atoms with Gasteiger partial charge in [0.2, 0.25) is 5.95 Å². The van der Waals surface area contributed by atoms with Gasteiger partial charge in [0.25, 0.3) is 5.56 Å². The van der Waals surface area contributed by atoms with Crippen LogP contribution < -0.4 is 10.3 Å². The molecule has 0 saturated carbocycles. The third-order valence-corrected chi connectivity index (χ3v) is 6.71. The summed E-state index contributed by atoms with van der Waals surface area (Å²) in [5.41, 5.74) is 2.44. The lowest BCUT2D eigenvalue weighted by Crippen LogP contribution is -2.40. The first kappa shape index (κ1) is 24.1. The molecule has 4 aromatic rings. The number of pyridine rings is 1. The van der Waals surface area contributed by atoms with Crippen molar-refractivity contribution in [2.24, 2.45) is 5.92 Å². The molecule has 2 aromatic heterocycles. The zero-order valence-corrected chi connectivity index (χ0v) is 20.2. The average Bonchev–Trinajstić information content (AvgIpc) is 2.88. The first-order valence-electron chi connectivity index (χ1n) is 12.2. The van der Waals surface area contributed by atoms with Crippen LogP contribution in [0.4, 0.5) is 4.39 Å². The zero-order chi connectivity index (χ0) is 25.1. The Bertz CT molecular complexity index is 1420. The van der Waals surface area contributed by atoms with Crippen molar-refractivity contribution in [1.29, 1.82) is 0 Å². The average molecular weight is 489 g/mol. The molecule has 1 N–H and O–H groups in total. The summed E-state index contributed by atoms with van der Waals surface area (Å²) in [7, 11) is 0. The molecule has 186 valence electrons. The molecule has 0 unspecified atom stereocenters. The number of fused-ring (bicyclic) bond motifs is 1. The summed E-state index contributed by atoms with van der Waals surface area (Å²) in [5, 5.41) is 9.85. The second kappa shape index (κ2) is 10.6. The lowest BCUT2D eigenvalue weighted by molar-refractivity contribution is 0.132. The van der Waals surface area contributed by atoms with Crippen LogP contribution in [0.2, 0.25) is 0 Å². The van der Waals surface area contributed by atoms with Gasteiger partial charge in [0.15, 0.2) is 0 Å². The van der Waals surface area contributed by atoms with Crippen molar-refractivity contribution in [1.82, 2.24) is 19.4 Å². The molecule has 2 aromatic carbocycles. The molecular weight excluding hydrogens is 459 g/mol. The maximum absolute atomic E-state index is 13.9. The van der Waals surface area contributed by atoms with Crippen molar-refractivity contribution in [3.05, 3.63) is 82.7 Å². The molecule has 1 saturated heterocycles. The van der Waals surface area contributed by atoms with Crippen LogP contribution in [0.3, 0.4) is 0 Å². The highest BCUT2D eigenvalue weighted by Gasteiger charge is 2.23. The fourth-order valence-corrected chi connectivity index (χ4v) is 4.92. The molecule has 0 aliphatic carbocycles. The van der Waals surface area contributed by atoms with Crippen molar-refractivity contribution in [2.75, 3.05) is 26.2 Å². The van der Waals surface area contributed by atoms with Crippen LogP contribution in [0.1, 0.15) is 18.4 Å². The van der Waals surface area contributed by atoms with Crippen LogP contribution in [-0.4, -0.2) is 50.8 Å². The Kier molecular flexibility index (Phi) is 7.06. The van der Waals surface area contributed by atoms with Crippen LogP contribution in [0.25, 0.3) is 22.3 Å². The van der Waals surface area contributed by atoms with Crippen LogP contribution in [0.5, 0.6) is 11.5 Å². The molecule has 1 aliphatic heterocycles. The van der Waals surface area contributed by atoms with E-state index in [0.29, 0.717) is 41.3 Å². The van der Waals surface area contributed by atoms with Gasteiger partial charge in [-0.05, 0) is 68.1 Å². The van der Waals surface area contributed by atoms with E-state index in [4.69, 9.17) is 9.72 Å². The summed E-state index contributed by atoms with van der Waals surface area (Å²) in [6.45, 7) is 5.13. The highest BCUT2D eigenvalue weighted by molar-refractivity contribution is 5.81. The van der Waals surface area contributed by atoms with E-state index in [2.05, 4.69) is 9.88 Å². The number of rotatable bonds is 7. The molecule has 0 spiro atoms. The number of likely N-dealkylation sites (tertiary alicyclic amines) is 1. The molecule has 0 bridgehead atoms. The van der Waals surface area contributed by atoms with E-state index in [1.165, 1.54) is 18.3 Å². The number of aliphatic hydroxyl groups excluding tert-OH is 1. The summed E-state index contributed by atoms with van der Waals surface area (Å²) in [6.07, 6.45) is 3.35. The van der Waals surface area contributed by atoms with Crippen molar-refractivity contribution in [2.45, 2.75) is 26.3 Å². The van der Waals surface area contributed by atoms with E-state index in [1.807, 2.05) is 31.2 Å². The molecule has 7 nitrogen and oxygen atoms in total. The predicted molar refractivity (Wildman–Crippen MR) is 137 cm³/mol. The van der Waals surface area contributed by atoms with Crippen LogP contribution in [0, 0.1) is 18.8 Å². The van der Waals surface area contributed by atoms with Crippen LogP contribution in [-0.2, 0) is 6.54 Å². The minimum Gasteiger partial charge on any atom is -0.456 e. The highest BCUT2D eigenvalue weighted by atomic mass is 19.1. The molecular formula is C28H29FN4O3. The van der Waals surface area contributed by atoms with Gasteiger partial charge in [0, 0.05) is 25.2 Å². The molecule has 8 heteroatoms. The van der Waals surface area contributed by atoms with Crippen LogP contribution in [0.15, 0.2) is 65.6 Å². The van der Waals surface area contributed by atoms with Crippen molar-refractivity contribution >= 4 is 10.9 Å². The minimum atomic E-state index is -0.586. The fraction of sp³-hybridized carbons (Fsp3) is 0.321. The van der Waals surface area contributed by atoms with E-state index < -0.39 is 5.95 Å². The van der Waals surface area contributed by atoms with Gasteiger partial charge in [0.05, 0.1) is 23.7 Å². The maximum atomic E-state index is 13.9. The number of ether oxygens (including phenoxy) is 1. The van der Waals surface area contributed by atoms with Gasteiger partial charge in [-0.3, -0.25) is 9.36 Å². The highest BCUT2D eigenvalue weighted by Crippen LogP contribution is 2.28. The fourth-order valence-electron chi connectivity index (χ4n) is 4.92. The SMILES string of the molecule is Cc1ccccc1-c1nc2ccc(Oc3ccc(F)nc3)cc2c(=O)n1C[C@H]1CCCN(CCO)C1. The number of hydrogen-bond acceptors (Lipinski definition) is 6. The summed E-state index contributed by atoms with van der Waals surface area (Å²) >= 11 is 0. The third-order valence-electron chi connectivity index (χ3n) is 6.71. The molecule has 36 heavy (non-hydrogen) atoms. The first-order valence-corrected chi connectivity index (χ1v) is 12.2. The van der Waals surface area contributed by atoms with Crippen molar-refractivity contribution in [3.63, 3.8) is 0 Å². The molecule has 0 radical (unpaired) electrons. The Morgan fingerprint density at radius 2 is 1.97 bits per heavy atom. The molecule has 1 fully saturated rings. The quantitative estimate of drug-likeness (QED) is 0.389. The molecule has 1 aliphatic rings. The molecule has 3 heterocycles. The second-order valence-corrected chi connectivity index (χ2v) is 9.30. The Morgan fingerprint density at radius 3 is 2.75 bits per heavy atom. The van der Waals surface area contributed by atoms with Gasteiger partial charge in [-0.1, -0.05) is 24.3 Å². The third kappa shape index (κ3) is 5.15. The summed E-state index contributed by atoms with van der Waals surface area (Å²) in [5.74, 6) is 1.18. The number of aromatic nitrogens is 3. The monoisotopic (exact) mass is 488 g/mol. The Morgan fingerprint density at radius 1 is 1.14 bits per heavy atom. The van der Waals surface area contributed by atoms with Crippen molar-refractivity contribution < 1.29 is 14.2 Å². The summed E-state index contributed by atoms with van der Waals surface area (Å²) < 4.78 is 20.8. The van der Waals surface area contributed by atoms with Crippen molar-refractivity contribution in [3.8, 4) is 22.9 Å². The van der Waals surface area contributed by atoms with E-state index >= 15 is 0 Å². The Balaban J connectivity index is 1.57. The minimum absolute atomic E-state index is 0.125. The lowest BCUT2D eigenvalue weighted by atomic mass is 9.97. The number of β-amino-alcohol motifs (C(OH)–C–C–N with tert-alkyl or cyclic N) is 1. The standard InChI is InChI=1S/C28H29FN4O3/c1-19-5-2-3-7-23(19)27-31-25-10-8-21(36-22-9-11-26(29)30-16-22)15-24(25)28(35)33(27)18-20-6-4-12-32(17-20)13-14-34/h2-3,5,7-11,15-16,20,34H,4,6,12-14,17-18H2,1H3/t20-/m0/s1. The number of halogens is 1. The number of aliphatic hydroxyl groups is 1.